The van der Waals surface area contributed by atoms with Gasteiger partial charge in [0.2, 0.25) is 0 Å². The van der Waals surface area contributed by atoms with Gasteiger partial charge in [0.25, 0.3) is 0 Å². The van der Waals surface area contributed by atoms with Crippen LogP contribution in [0.15, 0.2) is 18.2 Å². The van der Waals surface area contributed by atoms with E-state index < -0.39 is 6.10 Å². The number of halogens is 2. The molecule has 0 bridgehead atoms. The van der Waals surface area contributed by atoms with Gasteiger partial charge in [-0.1, -0.05) is 36.5 Å². The Labute approximate surface area is 256 Å². The van der Waals surface area contributed by atoms with Gasteiger partial charge in [0.1, 0.15) is 18.2 Å². The number of aryl methyl sites for hydroxylation is 1. The van der Waals surface area contributed by atoms with E-state index in [4.69, 9.17) is 42.6 Å². The third-order valence-electron chi connectivity index (χ3n) is 8.42. The molecular weight excluding hydrogens is 579 g/mol. The molecule has 1 amide bonds. The number of likely N-dealkylation sites (tertiary alicyclic amines) is 1. The Morgan fingerprint density at radius 3 is 2.48 bits per heavy atom. The number of piperidine rings is 1. The van der Waals surface area contributed by atoms with E-state index in [2.05, 4.69) is 10.00 Å². The van der Waals surface area contributed by atoms with Crippen LogP contribution < -0.4 is 9.64 Å². The molecule has 0 saturated carbocycles. The molecule has 2 aliphatic heterocycles. The minimum atomic E-state index is -0.543. The number of benzene rings is 1. The van der Waals surface area contributed by atoms with Crippen LogP contribution in [0.4, 0.5) is 10.6 Å². The zero-order valence-corrected chi connectivity index (χ0v) is 26.3. The van der Waals surface area contributed by atoms with Crippen molar-refractivity contribution in [2.75, 3.05) is 44.8 Å². The third-order valence-corrected chi connectivity index (χ3v) is 9.11. The molecule has 12 heteroatoms. The molecule has 0 radical (unpaired) electrons. The number of methoxy groups -OCH3 is 1. The maximum absolute atomic E-state index is 12.0. The first-order chi connectivity index (χ1) is 20.1. The highest BCUT2D eigenvalue weighted by molar-refractivity contribution is 6.33. The van der Waals surface area contributed by atoms with Crippen LogP contribution in [-0.4, -0.2) is 81.8 Å². The molecule has 1 aromatic carbocycles. The molecule has 1 atom stereocenters. The van der Waals surface area contributed by atoms with Gasteiger partial charge in [-0.2, -0.15) is 5.10 Å². The minimum Gasteiger partial charge on any atom is -0.491 e. The van der Waals surface area contributed by atoms with Crippen molar-refractivity contribution in [2.24, 2.45) is 12.5 Å². The van der Waals surface area contributed by atoms with E-state index in [0.29, 0.717) is 46.8 Å². The van der Waals surface area contributed by atoms with Crippen molar-refractivity contribution in [3.8, 4) is 28.5 Å². The van der Waals surface area contributed by atoms with Gasteiger partial charge in [-0.25, -0.2) is 14.8 Å². The molecule has 5 rings (SSSR count). The molecule has 10 nitrogen and oxygen atoms in total. The molecule has 3 aromatic rings. The fourth-order valence-corrected chi connectivity index (χ4v) is 6.39. The summed E-state index contributed by atoms with van der Waals surface area (Å²) in [7, 11) is 3.28. The molecule has 2 aliphatic rings. The number of aliphatic hydroxyl groups excluding tert-OH is 1. The second-order valence-electron chi connectivity index (χ2n) is 11.4. The molecule has 1 N–H and O–H groups in total. The lowest BCUT2D eigenvalue weighted by Crippen LogP contribution is -2.61. The Hall–Kier alpha value is -3.08. The summed E-state index contributed by atoms with van der Waals surface area (Å²) in [4.78, 5) is 26.1. The second kappa shape index (κ2) is 12.3. The normalized spacial score (nSPS) is 16.9. The van der Waals surface area contributed by atoms with Crippen molar-refractivity contribution >= 4 is 35.1 Å². The number of aromatic nitrogens is 4. The van der Waals surface area contributed by atoms with Gasteiger partial charge in [-0.15, -0.1) is 0 Å². The quantitative estimate of drug-likeness (QED) is 0.345. The molecular formula is C30H38Cl2N6O4. The van der Waals surface area contributed by atoms with Crippen molar-refractivity contribution in [1.29, 1.82) is 0 Å². The zero-order valence-electron chi connectivity index (χ0n) is 24.8. The van der Waals surface area contributed by atoms with Crippen LogP contribution in [-0.2, 0) is 11.8 Å². The Kier molecular flexibility index (Phi) is 8.87. The number of carbonyl (C=O) groups is 1. The zero-order chi connectivity index (χ0) is 30.2. The Bertz CT molecular complexity index is 1460. The summed E-state index contributed by atoms with van der Waals surface area (Å²) in [5.74, 6) is 1.87. The predicted octanol–water partition coefficient (Wildman–Crippen LogP) is 5.68. The van der Waals surface area contributed by atoms with Crippen molar-refractivity contribution in [1.82, 2.24) is 24.6 Å². The maximum atomic E-state index is 12.0. The molecule has 2 saturated heterocycles. The van der Waals surface area contributed by atoms with E-state index in [9.17, 15) is 9.90 Å². The van der Waals surface area contributed by atoms with Gasteiger partial charge in [0, 0.05) is 55.3 Å². The summed E-state index contributed by atoms with van der Waals surface area (Å²) in [5.41, 5.74) is 4.07. The molecule has 4 heterocycles. The van der Waals surface area contributed by atoms with Crippen LogP contribution in [0.5, 0.6) is 5.75 Å². The monoisotopic (exact) mass is 616 g/mol. The highest BCUT2D eigenvalue weighted by Gasteiger charge is 2.47. The maximum Gasteiger partial charge on any atom is 0.409 e. The van der Waals surface area contributed by atoms with Gasteiger partial charge >= 0.3 is 6.09 Å². The van der Waals surface area contributed by atoms with Crippen LogP contribution in [0.1, 0.15) is 43.7 Å². The minimum absolute atomic E-state index is 0.124. The first-order valence-electron chi connectivity index (χ1n) is 14.3. The second-order valence-corrected chi connectivity index (χ2v) is 12.2. The first kappa shape index (κ1) is 30.4. The SMILES string of the molecule is CCC[C@@H](O)COc1ccc(Cl)c(-c2nc(-c3c(C)c(Cl)nn3C)c(C)c(N3CC4(CCN(C(=O)OC)CC4)C3)n2)c1. The van der Waals surface area contributed by atoms with E-state index in [1.807, 2.05) is 33.9 Å². The van der Waals surface area contributed by atoms with E-state index >= 15 is 0 Å². The van der Waals surface area contributed by atoms with Crippen LogP contribution >= 0.6 is 23.2 Å². The van der Waals surface area contributed by atoms with Gasteiger partial charge < -0.3 is 24.4 Å². The summed E-state index contributed by atoms with van der Waals surface area (Å²) < 4.78 is 12.6. The standard InChI is InChI=1S/C30H38Cl2N6O4/c1-6-7-20(39)15-42-21-8-9-23(31)22(14-21)27-33-24(25-19(3)26(32)35-36(25)4)18(2)28(34-27)38-16-30(17-38)10-12-37(13-11-30)29(40)41-5/h8-9,14,20,39H,6-7,10-13,15-17H2,1-5H3/t20-/m1/s1. The Morgan fingerprint density at radius 1 is 1.14 bits per heavy atom. The van der Waals surface area contributed by atoms with Gasteiger partial charge in [-0.3, -0.25) is 4.68 Å². The topological polar surface area (TPSA) is 106 Å². The van der Waals surface area contributed by atoms with E-state index in [-0.39, 0.29) is 18.1 Å². The molecule has 42 heavy (non-hydrogen) atoms. The third kappa shape index (κ3) is 5.89. The molecule has 2 aromatic heterocycles. The van der Waals surface area contributed by atoms with Gasteiger partial charge in [0.15, 0.2) is 11.0 Å². The van der Waals surface area contributed by atoms with Gasteiger partial charge in [-0.05, 0) is 51.3 Å². The lowest BCUT2D eigenvalue weighted by atomic mass is 9.72. The average molecular weight is 618 g/mol. The highest BCUT2D eigenvalue weighted by atomic mass is 35.5. The number of carbonyl (C=O) groups excluding carboxylic acids is 1. The number of ether oxygens (including phenoxy) is 2. The smallest absolute Gasteiger partial charge is 0.409 e. The number of hydrogen-bond acceptors (Lipinski definition) is 8. The van der Waals surface area contributed by atoms with Crippen molar-refractivity contribution in [2.45, 2.75) is 52.6 Å². The molecule has 0 aliphatic carbocycles. The van der Waals surface area contributed by atoms with Crippen LogP contribution in [0.3, 0.4) is 0 Å². The fraction of sp³-hybridized carbons (Fsp3) is 0.533. The van der Waals surface area contributed by atoms with Crippen LogP contribution in [0.2, 0.25) is 10.2 Å². The number of amides is 1. The number of aliphatic hydroxyl groups is 1. The Balaban J connectivity index is 1.50. The van der Waals surface area contributed by atoms with Crippen LogP contribution in [0, 0.1) is 19.3 Å². The fourth-order valence-electron chi connectivity index (χ4n) is 5.99. The van der Waals surface area contributed by atoms with Gasteiger partial charge in [0.05, 0.1) is 29.6 Å². The summed E-state index contributed by atoms with van der Waals surface area (Å²) in [5, 5.41) is 15.5. The molecule has 0 unspecified atom stereocenters. The summed E-state index contributed by atoms with van der Waals surface area (Å²) in [6.07, 6.45) is 2.55. The lowest BCUT2D eigenvalue weighted by Gasteiger charge is -2.54. The molecule has 226 valence electrons. The number of rotatable bonds is 8. The largest absolute Gasteiger partial charge is 0.491 e. The number of hydrogen-bond donors (Lipinski definition) is 1. The first-order valence-corrected chi connectivity index (χ1v) is 15.1. The number of anilines is 1. The van der Waals surface area contributed by atoms with E-state index in [0.717, 1.165) is 60.7 Å². The van der Waals surface area contributed by atoms with Crippen LogP contribution in [0.25, 0.3) is 22.8 Å². The lowest BCUT2D eigenvalue weighted by molar-refractivity contribution is 0.0621. The number of nitrogens with zero attached hydrogens (tertiary/aromatic N) is 6. The predicted molar refractivity (Wildman–Crippen MR) is 163 cm³/mol. The van der Waals surface area contributed by atoms with Crippen molar-refractivity contribution in [3.05, 3.63) is 39.5 Å². The summed E-state index contributed by atoms with van der Waals surface area (Å²) in [6, 6.07) is 5.37. The Morgan fingerprint density at radius 2 is 1.86 bits per heavy atom. The van der Waals surface area contributed by atoms with Crippen molar-refractivity contribution in [3.63, 3.8) is 0 Å². The van der Waals surface area contributed by atoms with Crippen molar-refractivity contribution < 1.29 is 19.4 Å². The summed E-state index contributed by atoms with van der Waals surface area (Å²) >= 11 is 13.1. The summed E-state index contributed by atoms with van der Waals surface area (Å²) in [6.45, 7) is 9.19. The van der Waals surface area contributed by atoms with E-state index in [1.54, 1.807) is 21.7 Å². The average Bonchev–Trinajstić information content (AvgIpc) is 3.21. The molecule has 2 fully saturated rings. The molecule has 1 spiro atoms. The van der Waals surface area contributed by atoms with E-state index in [1.165, 1.54) is 7.11 Å². The highest BCUT2D eigenvalue weighted by Crippen LogP contribution is 2.45.